The summed E-state index contributed by atoms with van der Waals surface area (Å²) in [6.07, 6.45) is 20.7. The molecule has 7 heteroatoms. The lowest BCUT2D eigenvalue weighted by Crippen LogP contribution is -2.37. The van der Waals surface area contributed by atoms with Crippen molar-refractivity contribution in [2.75, 3.05) is 47.5 Å². The van der Waals surface area contributed by atoms with Crippen LogP contribution in [0.4, 0.5) is 0 Å². The zero-order chi connectivity index (χ0) is 25.7. The first-order chi connectivity index (χ1) is 16.1. The summed E-state index contributed by atoms with van der Waals surface area (Å²) < 4.78 is 22.8. The average molecular weight is 509 g/mol. The van der Waals surface area contributed by atoms with E-state index in [2.05, 4.69) is 13.8 Å². The molecule has 0 bridgehead atoms. The molecule has 0 spiro atoms. The van der Waals surface area contributed by atoms with Crippen LogP contribution >= 0.6 is 7.82 Å². The third-order valence-corrected chi connectivity index (χ3v) is 7.38. The number of hydrogen-bond donors (Lipinski definition) is 2. The number of phosphoric acid groups is 1. The number of quaternary nitrogens is 1. The van der Waals surface area contributed by atoms with E-state index in [-0.39, 0.29) is 25.7 Å². The molecule has 0 saturated carbocycles. The van der Waals surface area contributed by atoms with Gasteiger partial charge in [0.25, 0.3) is 0 Å². The van der Waals surface area contributed by atoms with Gasteiger partial charge in [-0.25, -0.2) is 4.57 Å². The molecule has 0 amide bonds. The van der Waals surface area contributed by atoms with E-state index >= 15 is 0 Å². The van der Waals surface area contributed by atoms with Gasteiger partial charge in [-0.3, -0.25) is 9.05 Å². The third kappa shape index (κ3) is 25.1. The predicted molar refractivity (Wildman–Crippen MR) is 144 cm³/mol. The van der Waals surface area contributed by atoms with Crippen molar-refractivity contribution in [3.05, 3.63) is 0 Å². The summed E-state index contributed by atoms with van der Waals surface area (Å²) in [6.45, 7) is 5.45. The second kappa shape index (κ2) is 21.1. The minimum absolute atomic E-state index is 0.0309. The Kier molecular flexibility index (Phi) is 21.2. The second-order valence-electron chi connectivity index (χ2n) is 11.6. The standard InChI is InChI=1S/C27H58NO5P/c1-26(2)20-18-16-14-12-10-8-6-7-9-11-13-15-17-19-21-27(24-29)25-33-34(30,31)32-23-22-28(3,4)5/h26-27,29H,6-25H2,1-5H3/p+1. The molecule has 0 aromatic carbocycles. The maximum atomic E-state index is 12.0. The summed E-state index contributed by atoms with van der Waals surface area (Å²) in [5.41, 5.74) is 0. The van der Waals surface area contributed by atoms with Gasteiger partial charge in [-0.1, -0.05) is 110 Å². The highest BCUT2D eigenvalue weighted by Gasteiger charge is 2.24. The van der Waals surface area contributed by atoms with Gasteiger partial charge in [0, 0.05) is 12.5 Å². The van der Waals surface area contributed by atoms with Crippen LogP contribution in [0.15, 0.2) is 0 Å². The Morgan fingerprint density at radius 1 is 0.706 bits per heavy atom. The van der Waals surface area contributed by atoms with E-state index in [4.69, 9.17) is 9.05 Å². The van der Waals surface area contributed by atoms with Crippen molar-refractivity contribution in [3.63, 3.8) is 0 Å². The summed E-state index contributed by atoms with van der Waals surface area (Å²) in [5, 5.41) is 9.55. The van der Waals surface area contributed by atoms with Gasteiger partial charge in [0.05, 0.1) is 27.7 Å². The van der Waals surface area contributed by atoms with Crippen LogP contribution < -0.4 is 0 Å². The normalized spacial score (nSPS) is 15.1. The fourth-order valence-corrected chi connectivity index (χ4v) is 4.79. The van der Waals surface area contributed by atoms with Crippen molar-refractivity contribution in [2.24, 2.45) is 11.8 Å². The first-order valence-corrected chi connectivity index (χ1v) is 15.6. The molecule has 206 valence electrons. The molecule has 0 aliphatic carbocycles. The Bertz CT molecular complexity index is 496. The van der Waals surface area contributed by atoms with Gasteiger partial charge in [0.1, 0.15) is 13.2 Å². The van der Waals surface area contributed by atoms with Crippen LogP contribution in [0, 0.1) is 11.8 Å². The first kappa shape index (κ1) is 34.0. The molecule has 0 heterocycles. The highest BCUT2D eigenvalue weighted by atomic mass is 31.2. The molecule has 6 nitrogen and oxygen atoms in total. The second-order valence-corrected chi connectivity index (χ2v) is 13.0. The zero-order valence-corrected chi connectivity index (χ0v) is 24.2. The van der Waals surface area contributed by atoms with Crippen LogP contribution in [0.3, 0.4) is 0 Å². The summed E-state index contributed by atoms with van der Waals surface area (Å²) in [5.74, 6) is 0.742. The minimum Gasteiger partial charge on any atom is -0.396 e. The van der Waals surface area contributed by atoms with Gasteiger partial charge in [0.2, 0.25) is 0 Å². The van der Waals surface area contributed by atoms with Crippen LogP contribution in [-0.2, 0) is 13.6 Å². The summed E-state index contributed by atoms with van der Waals surface area (Å²) >= 11 is 0. The SMILES string of the molecule is CC(C)CCCCCCCCCCCCCCCCC(CO)COP(=O)(O)OCC[N+](C)(C)C. The van der Waals surface area contributed by atoms with Crippen LogP contribution in [0.5, 0.6) is 0 Å². The van der Waals surface area contributed by atoms with E-state index in [0.29, 0.717) is 11.0 Å². The number of nitrogens with zero attached hydrogens (tertiary/aromatic N) is 1. The number of hydrogen-bond acceptors (Lipinski definition) is 4. The molecule has 0 fully saturated rings. The summed E-state index contributed by atoms with van der Waals surface area (Å²) in [6, 6.07) is 0. The molecule has 0 aliphatic rings. The molecule has 2 N–H and O–H groups in total. The molecular formula is C27H59NO5P+. The Morgan fingerprint density at radius 2 is 1.12 bits per heavy atom. The molecule has 0 aromatic heterocycles. The van der Waals surface area contributed by atoms with Crippen LogP contribution in [0.1, 0.15) is 117 Å². The van der Waals surface area contributed by atoms with Crippen molar-refractivity contribution in [3.8, 4) is 0 Å². The lowest BCUT2D eigenvalue weighted by molar-refractivity contribution is -0.870. The minimum atomic E-state index is -4.04. The van der Waals surface area contributed by atoms with Crippen LogP contribution in [0.2, 0.25) is 0 Å². The molecule has 2 atom stereocenters. The largest absolute Gasteiger partial charge is 0.472 e. The Balaban J connectivity index is 3.52. The zero-order valence-electron chi connectivity index (χ0n) is 23.3. The van der Waals surface area contributed by atoms with E-state index in [1.807, 2.05) is 21.1 Å². The molecule has 0 aliphatic heterocycles. The van der Waals surface area contributed by atoms with Crippen molar-refractivity contribution < 1.29 is 28.1 Å². The first-order valence-electron chi connectivity index (χ1n) is 14.1. The maximum Gasteiger partial charge on any atom is 0.472 e. The monoisotopic (exact) mass is 508 g/mol. The quantitative estimate of drug-likeness (QED) is 0.0767. The maximum absolute atomic E-state index is 12.0. The molecule has 0 aromatic rings. The summed E-state index contributed by atoms with van der Waals surface area (Å²) in [7, 11) is 1.93. The fraction of sp³-hybridized carbons (Fsp3) is 1.00. The number of aliphatic hydroxyl groups excluding tert-OH is 1. The Morgan fingerprint density at radius 3 is 1.50 bits per heavy atom. The molecule has 0 radical (unpaired) electrons. The average Bonchev–Trinajstić information content (AvgIpc) is 2.74. The van der Waals surface area contributed by atoms with Gasteiger partial charge in [-0.15, -0.1) is 0 Å². The smallest absolute Gasteiger partial charge is 0.396 e. The van der Waals surface area contributed by atoms with Crippen molar-refractivity contribution in [1.29, 1.82) is 0 Å². The van der Waals surface area contributed by atoms with E-state index in [1.54, 1.807) is 0 Å². The molecule has 0 rings (SSSR count). The lowest BCUT2D eigenvalue weighted by atomic mass is 10.0. The van der Waals surface area contributed by atoms with E-state index < -0.39 is 7.82 Å². The van der Waals surface area contributed by atoms with Crippen molar-refractivity contribution in [1.82, 2.24) is 0 Å². The topological polar surface area (TPSA) is 76.0 Å². The highest BCUT2D eigenvalue weighted by Crippen LogP contribution is 2.43. The highest BCUT2D eigenvalue weighted by molar-refractivity contribution is 7.47. The van der Waals surface area contributed by atoms with Gasteiger partial charge in [-0.2, -0.15) is 0 Å². The van der Waals surface area contributed by atoms with Crippen molar-refractivity contribution >= 4 is 7.82 Å². The number of phosphoric ester groups is 1. The van der Waals surface area contributed by atoms with E-state index in [9.17, 15) is 14.6 Å². The number of aliphatic hydroxyl groups is 1. The third-order valence-electron chi connectivity index (χ3n) is 6.39. The summed E-state index contributed by atoms with van der Waals surface area (Å²) in [4.78, 5) is 9.80. The lowest BCUT2D eigenvalue weighted by Gasteiger charge is -2.24. The van der Waals surface area contributed by atoms with Gasteiger partial charge in [-0.05, 0) is 12.3 Å². The van der Waals surface area contributed by atoms with Crippen LogP contribution in [-0.4, -0.2) is 62.0 Å². The van der Waals surface area contributed by atoms with Gasteiger partial charge >= 0.3 is 7.82 Å². The number of rotatable bonds is 25. The number of unbranched alkanes of at least 4 members (excludes halogenated alkanes) is 13. The van der Waals surface area contributed by atoms with Crippen molar-refractivity contribution in [2.45, 2.75) is 117 Å². The van der Waals surface area contributed by atoms with Crippen LogP contribution in [0.25, 0.3) is 0 Å². The van der Waals surface area contributed by atoms with Gasteiger partial charge < -0.3 is 14.5 Å². The molecular weight excluding hydrogens is 449 g/mol. The molecule has 34 heavy (non-hydrogen) atoms. The molecule has 0 saturated heterocycles. The Hall–Kier alpha value is 0.0300. The van der Waals surface area contributed by atoms with Gasteiger partial charge in [0.15, 0.2) is 0 Å². The number of likely N-dealkylation sites (N-methyl/N-ethyl adjacent to an activating group) is 1. The van der Waals surface area contributed by atoms with E-state index in [0.717, 1.165) is 25.2 Å². The molecule has 2 unspecified atom stereocenters. The fourth-order valence-electron chi connectivity index (χ4n) is 4.00. The Labute approximate surface area is 212 Å². The predicted octanol–water partition coefficient (Wildman–Crippen LogP) is 7.33. The van der Waals surface area contributed by atoms with E-state index in [1.165, 1.54) is 83.5 Å².